The lowest BCUT2D eigenvalue weighted by atomic mass is 9.85. The van der Waals surface area contributed by atoms with Crippen LogP contribution in [0.2, 0.25) is 0 Å². The summed E-state index contributed by atoms with van der Waals surface area (Å²) in [5.41, 5.74) is 0. The van der Waals surface area contributed by atoms with Crippen molar-refractivity contribution < 1.29 is 46.9 Å². The zero-order chi connectivity index (χ0) is 18.7. The average Bonchev–Trinajstić information content (AvgIpc) is 2.36. The molecule has 0 amide bonds. The van der Waals surface area contributed by atoms with Gasteiger partial charge in [0.15, 0.2) is 12.2 Å². The van der Waals surface area contributed by atoms with E-state index in [9.17, 15) is 28.0 Å². The summed E-state index contributed by atoms with van der Waals surface area (Å²) in [4.78, 5) is 44.8. The van der Waals surface area contributed by atoms with Gasteiger partial charge >= 0.3 is 23.9 Å². The molecule has 0 radical (unpaired) electrons. The second kappa shape index (κ2) is 7.54. The fourth-order valence-corrected chi connectivity index (χ4v) is 2.43. The van der Waals surface area contributed by atoms with Gasteiger partial charge in [-0.25, -0.2) is 8.78 Å². The number of carbonyl (C=O) groups excluding carboxylic acids is 4. The maximum absolute atomic E-state index is 14.3. The van der Waals surface area contributed by atoms with E-state index in [1.165, 1.54) is 0 Å². The van der Waals surface area contributed by atoms with Gasteiger partial charge in [-0.3, -0.25) is 19.2 Å². The molecule has 0 unspecified atom stereocenters. The maximum atomic E-state index is 14.3. The van der Waals surface area contributed by atoms with Crippen molar-refractivity contribution in [1.29, 1.82) is 0 Å². The van der Waals surface area contributed by atoms with Crippen molar-refractivity contribution >= 4 is 23.9 Å². The van der Waals surface area contributed by atoms with Crippen molar-refractivity contribution in [2.24, 2.45) is 0 Å². The Hall–Kier alpha value is -2.26. The minimum atomic E-state index is -3.68. The largest absolute Gasteiger partial charge is 0.458 e. The van der Waals surface area contributed by atoms with Crippen LogP contribution in [0.25, 0.3) is 0 Å². The monoisotopic (exact) mass is 352 g/mol. The van der Waals surface area contributed by atoms with E-state index in [1.54, 1.807) is 0 Å². The van der Waals surface area contributed by atoms with E-state index in [0.717, 1.165) is 27.7 Å². The number of hydrogen-bond donors (Lipinski definition) is 0. The smallest absolute Gasteiger partial charge is 0.303 e. The normalized spacial score (nSPS) is 28.4. The van der Waals surface area contributed by atoms with E-state index >= 15 is 0 Å². The van der Waals surface area contributed by atoms with Gasteiger partial charge < -0.3 is 18.9 Å². The number of ether oxygens (including phenoxy) is 4. The van der Waals surface area contributed by atoms with Crippen LogP contribution in [0.15, 0.2) is 0 Å². The standard InChI is InChI=1S/C14H18F2O8/c1-6(17)21-10-5-14(15,16)13(24-9(4)20)12(23-8(3)19)11(10)22-7(2)18/h10-13H,5H2,1-4H3/t10-,11-,12+,13+/m1/s1. The summed E-state index contributed by atoms with van der Waals surface area (Å²) < 4.78 is 47.8. The second-order valence-corrected chi connectivity index (χ2v) is 5.29. The molecule has 0 aromatic heterocycles. The van der Waals surface area contributed by atoms with Crippen LogP contribution < -0.4 is 0 Å². The molecule has 1 rings (SSSR count). The van der Waals surface area contributed by atoms with Crippen molar-refractivity contribution in [2.45, 2.75) is 64.5 Å². The zero-order valence-electron chi connectivity index (χ0n) is 13.5. The molecule has 1 aliphatic rings. The van der Waals surface area contributed by atoms with Crippen molar-refractivity contribution in [3.05, 3.63) is 0 Å². The first-order chi connectivity index (χ1) is 10.9. The maximum Gasteiger partial charge on any atom is 0.303 e. The van der Waals surface area contributed by atoms with E-state index in [4.69, 9.17) is 14.2 Å². The summed E-state index contributed by atoms with van der Waals surface area (Å²) in [7, 11) is 0. The molecule has 10 heteroatoms. The quantitative estimate of drug-likeness (QED) is 0.539. The number of carbonyl (C=O) groups is 4. The lowest BCUT2D eigenvalue weighted by Crippen LogP contribution is -2.63. The summed E-state index contributed by atoms with van der Waals surface area (Å²) in [6.45, 7) is 3.84. The van der Waals surface area contributed by atoms with E-state index in [1.807, 2.05) is 0 Å². The summed E-state index contributed by atoms with van der Waals surface area (Å²) >= 11 is 0. The minimum absolute atomic E-state index is 0.874. The van der Waals surface area contributed by atoms with Crippen molar-refractivity contribution in [1.82, 2.24) is 0 Å². The molecule has 0 aromatic carbocycles. The molecule has 1 fully saturated rings. The van der Waals surface area contributed by atoms with Crippen LogP contribution in [-0.2, 0) is 38.1 Å². The molecule has 24 heavy (non-hydrogen) atoms. The van der Waals surface area contributed by atoms with Gasteiger partial charge in [0.25, 0.3) is 5.92 Å². The first-order valence-electron chi connectivity index (χ1n) is 7.00. The van der Waals surface area contributed by atoms with Gasteiger partial charge in [0.2, 0.25) is 6.10 Å². The van der Waals surface area contributed by atoms with Gasteiger partial charge in [-0.05, 0) is 0 Å². The highest BCUT2D eigenvalue weighted by atomic mass is 19.3. The topological polar surface area (TPSA) is 105 Å². The molecule has 0 aromatic rings. The summed E-state index contributed by atoms with van der Waals surface area (Å²) in [6, 6.07) is 0. The van der Waals surface area contributed by atoms with Crippen LogP contribution >= 0.6 is 0 Å². The molecular weight excluding hydrogens is 334 g/mol. The Morgan fingerprint density at radius 2 is 1.17 bits per heavy atom. The highest BCUT2D eigenvalue weighted by molar-refractivity contribution is 5.69. The Kier molecular flexibility index (Phi) is 6.22. The molecule has 0 aliphatic heterocycles. The summed E-state index contributed by atoms with van der Waals surface area (Å²) in [6.07, 6.45) is -8.20. The fraction of sp³-hybridized carbons (Fsp3) is 0.714. The van der Waals surface area contributed by atoms with Crippen LogP contribution in [0.3, 0.4) is 0 Å². The van der Waals surface area contributed by atoms with Crippen molar-refractivity contribution in [3.8, 4) is 0 Å². The van der Waals surface area contributed by atoms with Crippen LogP contribution in [-0.4, -0.2) is 54.2 Å². The number of esters is 4. The van der Waals surface area contributed by atoms with Gasteiger partial charge in [0.1, 0.15) is 6.10 Å². The third kappa shape index (κ3) is 5.14. The molecule has 1 aliphatic carbocycles. The first-order valence-corrected chi connectivity index (χ1v) is 7.00. The van der Waals surface area contributed by atoms with Crippen molar-refractivity contribution in [3.63, 3.8) is 0 Å². The van der Waals surface area contributed by atoms with Crippen LogP contribution in [0, 0.1) is 0 Å². The lowest BCUT2D eigenvalue weighted by Gasteiger charge is -2.43. The zero-order valence-corrected chi connectivity index (χ0v) is 13.5. The Balaban J connectivity index is 3.29. The van der Waals surface area contributed by atoms with Gasteiger partial charge in [-0.1, -0.05) is 0 Å². The molecule has 136 valence electrons. The van der Waals surface area contributed by atoms with Crippen LogP contribution in [0.4, 0.5) is 8.78 Å². The number of halogens is 2. The molecule has 0 spiro atoms. The summed E-state index contributed by atoms with van der Waals surface area (Å²) in [5.74, 6) is -7.44. The molecule has 0 N–H and O–H groups in total. The van der Waals surface area contributed by atoms with Crippen LogP contribution in [0.5, 0.6) is 0 Å². The summed E-state index contributed by atoms with van der Waals surface area (Å²) in [5, 5.41) is 0. The van der Waals surface area contributed by atoms with Gasteiger partial charge in [0.05, 0.1) is 6.42 Å². The number of hydrogen-bond acceptors (Lipinski definition) is 8. The average molecular weight is 352 g/mol. The van der Waals surface area contributed by atoms with Gasteiger partial charge in [-0.2, -0.15) is 0 Å². The predicted octanol–water partition coefficient (Wildman–Crippen LogP) is 0.752. The molecule has 0 heterocycles. The van der Waals surface area contributed by atoms with Crippen molar-refractivity contribution in [2.75, 3.05) is 0 Å². The third-order valence-corrected chi connectivity index (χ3v) is 3.09. The van der Waals surface area contributed by atoms with E-state index in [0.29, 0.717) is 0 Å². The third-order valence-electron chi connectivity index (χ3n) is 3.09. The molecule has 0 bridgehead atoms. The molecule has 4 atom stereocenters. The Labute approximate surface area is 136 Å². The van der Waals surface area contributed by atoms with Crippen LogP contribution in [0.1, 0.15) is 34.1 Å². The second-order valence-electron chi connectivity index (χ2n) is 5.29. The van der Waals surface area contributed by atoms with E-state index < -0.39 is 60.6 Å². The highest BCUT2D eigenvalue weighted by Gasteiger charge is 2.61. The highest BCUT2D eigenvalue weighted by Crippen LogP contribution is 2.40. The molecule has 1 saturated carbocycles. The Bertz CT molecular complexity index is 533. The first kappa shape index (κ1) is 19.8. The fourth-order valence-electron chi connectivity index (χ4n) is 2.43. The molecular formula is C14H18F2O8. The van der Waals surface area contributed by atoms with Gasteiger partial charge in [0, 0.05) is 27.7 Å². The molecule has 8 nitrogen and oxygen atoms in total. The van der Waals surface area contributed by atoms with E-state index in [2.05, 4.69) is 4.74 Å². The number of rotatable bonds is 4. The molecule has 0 saturated heterocycles. The minimum Gasteiger partial charge on any atom is -0.458 e. The predicted molar refractivity (Wildman–Crippen MR) is 71.8 cm³/mol. The van der Waals surface area contributed by atoms with E-state index in [-0.39, 0.29) is 0 Å². The number of alkyl halides is 2. The van der Waals surface area contributed by atoms with Gasteiger partial charge in [-0.15, -0.1) is 0 Å². The SMILES string of the molecule is CC(=O)O[C@H]1[C@H](OC(C)=O)[C@H](OC(C)=O)C(F)(F)C[C@H]1OC(C)=O. The lowest BCUT2D eigenvalue weighted by molar-refractivity contribution is -0.259. The Morgan fingerprint density at radius 3 is 1.58 bits per heavy atom. The Morgan fingerprint density at radius 1 is 0.750 bits per heavy atom.